The highest BCUT2D eigenvalue weighted by molar-refractivity contribution is 5.97. The maximum Gasteiger partial charge on any atom is 0.257 e. The molecule has 2 N–H and O–H groups in total. The summed E-state index contributed by atoms with van der Waals surface area (Å²) in [6.07, 6.45) is 0.965. The minimum absolute atomic E-state index is 0.0866. The van der Waals surface area contributed by atoms with Crippen LogP contribution >= 0.6 is 0 Å². The number of amides is 1. The lowest BCUT2D eigenvalue weighted by molar-refractivity contribution is 0.0770. The summed E-state index contributed by atoms with van der Waals surface area (Å²) >= 11 is 0. The minimum Gasteiger partial charge on any atom is -0.496 e. The van der Waals surface area contributed by atoms with Crippen LogP contribution < -0.4 is 10.5 Å². The molecule has 2 heterocycles. The predicted molar refractivity (Wildman–Crippen MR) is 115 cm³/mol. The molecule has 0 saturated carbocycles. The first-order valence-corrected chi connectivity index (χ1v) is 10.5. The van der Waals surface area contributed by atoms with Gasteiger partial charge in [0.25, 0.3) is 5.91 Å². The first-order chi connectivity index (χ1) is 14.1. The summed E-state index contributed by atoms with van der Waals surface area (Å²) < 4.78 is 5.49. The van der Waals surface area contributed by atoms with Gasteiger partial charge in [-0.15, -0.1) is 0 Å². The molecule has 29 heavy (non-hydrogen) atoms. The van der Waals surface area contributed by atoms with E-state index < -0.39 is 0 Å². The molecule has 0 aromatic heterocycles. The van der Waals surface area contributed by atoms with Crippen molar-refractivity contribution in [2.75, 3.05) is 39.8 Å². The van der Waals surface area contributed by atoms with E-state index in [1.165, 1.54) is 5.56 Å². The lowest BCUT2D eigenvalue weighted by Gasteiger charge is -2.23. The van der Waals surface area contributed by atoms with Gasteiger partial charge in [-0.25, -0.2) is 0 Å². The number of hydrogen-bond donors (Lipinski definition) is 1. The largest absolute Gasteiger partial charge is 0.496 e. The molecule has 154 valence electrons. The molecule has 5 heteroatoms. The van der Waals surface area contributed by atoms with E-state index in [4.69, 9.17) is 10.5 Å². The Kier molecular flexibility index (Phi) is 5.88. The van der Waals surface area contributed by atoms with Gasteiger partial charge in [0.2, 0.25) is 0 Å². The van der Waals surface area contributed by atoms with Gasteiger partial charge in [-0.2, -0.15) is 0 Å². The molecule has 2 saturated heterocycles. The predicted octanol–water partition coefficient (Wildman–Crippen LogP) is 3.10. The number of aryl methyl sites for hydroxylation is 1. The highest BCUT2D eigenvalue weighted by Gasteiger charge is 2.41. The zero-order valence-corrected chi connectivity index (χ0v) is 17.4. The molecule has 3 atom stereocenters. The number of ether oxygens (including phenoxy) is 1. The molecule has 0 bridgehead atoms. The molecule has 2 aliphatic rings. The lowest BCUT2D eigenvalue weighted by Crippen LogP contribution is -2.34. The molecule has 2 fully saturated rings. The van der Waals surface area contributed by atoms with Crippen LogP contribution in [0.1, 0.15) is 33.9 Å². The Morgan fingerprint density at radius 1 is 1.07 bits per heavy atom. The number of para-hydroxylation sites is 1. The molecule has 2 aromatic rings. The molecule has 5 nitrogen and oxygen atoms in total. The van der Waals surface area contributed by atoms with Crippen LogP contribution in [0.5, 0.6) is 5.75 Å². The molecule has 0 spiro atoms. The highest BCUT2D eigenvalue weighted by Crippen LogP contribution is 2.34. The smallest absolute Gasteiger partial charge is 0.257 e. The molecule has 2 unspecified atom stereocenters. The van der Waals surface area contributed by atoms with Gasteiger partial charge >= 0.3 is 0 Å². The van der Waals surface area contributed by atoms with Crippen molar-refractivity contribution in [1.82, 2.24) is 9.80 Å². The number of hydrogen-bond acceptors (Lipinski definition) is 4. The number of benzene rings is 2. The monoisotopic (exact) mass is 393 g/mol. The molecule has 2 aliphatic heterocycles. The van der Waals surface area contributed by atoms with Crippen molar-refractivity contribution in [3.63, 3.8) is 0 Å². The SMILES string of the molecule is COc1c(C)cccc1C(=O)N1CC2CN(CC[C@H](N)c3ccccc3)CC2C1. The summed E-state index contributed by atoms with van der Waals surface area (Å²) in [5, 5.41) is 0. The summed E-state index contributed by atoms with van der Waals surface area (Å²) in [7, 11) is 1.63. The van der Waals surface area contributed by atoms with Crippen LogP contribution in [-0.2, 0) is 0 Å². The average Bonchev–Trinajstić information content (AvgIpc) is 3.31. The summed E-state index contributed by atoms with van der Waals surface area (Å²) in [4.78, 5) is 17.6. The van der Waals surface area contributed by atoms with Crippen molar-refractivity contribution in [1.29, 1.82) is 0 Å². The number of carbonyl (C=O) groups excluding carboxylic acids is 1. The van der Waals surface area contributed by atoms with Gasteiger partial charge in [-0.05, 0) is 48.9 Å². The molecular weight excluding hydrogens is 362 g/mol. The number of fused-ring (bicyclic) bond motifs is 1. The van der Waals surface area contributed by atoms with E-state index in [2.05, 4.69) is 17.0 Å². The van der Waals surface area contributed by atoms with E-state index in [1.807, 2.05) is 48.2 Å². The fourth-order valence-corrected chi connectivity index (χ4v) is 4.89. The van der Waals surface area contributed by atoms with Crippen molar-refractivity contribution in [2.24, 2.45) is 17.6 Å². The summed E-state index contributed by atoms with van der Waals surface area (Å²) in [5.74, 6) is 1.91. The second kappa shape index (κ2) is 8.56. The van der Waals surface area contributed by atoms with Gasteiger partial charge in [-0.1, -0.05) is 42.5 Å². The maximum atomic E-state index is 13.1. The van der Waals surface area contributed by atoms with Crippen LogP contribution in [0.3, 0.4) is 0 Å². The Balaban J connectivity index is 1.31. The average molecular weight is 394 g/mol. The number of likely N-dealkylation sites (tertiary alicyclic amines) is 2. The Labute approximate surface area is 173 Å². The summed E-state index contributed by atoms with van der Waals surface area (Å²) in [6, 6.07) is 16.2. The number of methoxy groups -OCH3 is 1. The standard InChI is InChI=1S/C24H31N3O2/c1-17-7-6-10-21(23(17)29-2)24(28)27-15-19-13-26(14-20(19)16-27)12-11-22(25)18-8-4-3-5-9-18/h3-10,19-20,22H,11-16,25H2,1-2H3/t19?,20?,22-/m0/s1. The highest BCUT2D eigenvalue weighted by atomic mass is 16.5. The molecule has 2 aromatic carbocycles. The molecule has 4 rings (SSSR count). The molecule has 0 aliphatic carbocycles. The molecular formula is C24H31N3O2. The Bertz CT molecular complexity index is 840. The van der Waals surface area contributed by atoms with Crippen molar-refractivity contribution < 1.29 is 9.53 Å². The van der Waals surface area contributed by atoms with Crippen LogP contribution in [0.15, 0.2) is 48.5 Å². The Morgan fingerprint density at radius 2 is 1.76 bits per heavy atom. The first kappa shape index (κ1) is 19.9. The molecule has 0 radical (unpaired) electrons. The number of nitrogens with zero attached hydrogens (tertiary/aromatic N) is 2. The van der Waals surface area contributed by atoms with E-state index in [1.54, 1.807) is 7.11 Å². The summed E-state index contributed by atoms with van der Waals surface area (Å²) in [5.41, 5.74) is 9.25. The molecule has 1 amide bonds. The lowest BCUT2D eigenvalue weighted by atomic mass is 10.0. The van der Waals surface area contributed by atoms with Crippen LogP contribution in [0.25, 0.3) is 0 Å². The Hall–Kier alpha value is -2.37. The van der Waals surface area contributed by atoms with Crippen LogP contribution in [-0.4, -0.2) is 55.5 Å². The van der Waals surface area contributed by atoms with Gasteiger partial charge in [-0.3, -0.25) is 4.79 Å². The fraction of sp³-hybridized carbons (Fsp3) is 0.458. The third-order valence-electron chi connectivity index (χ3n) is 6.48. The maximum absolute atomic E-state index is 13.1. The topological polar surface area (TPSA) is 58.8 Å². The second-order valence-corrected chi connectivity index (χ2v) is 8.45. The van der Waals surface area contributed by atoms with Crippen LogP contribution in [0.2, 0.25) is 0 Å². The minimum atomic E-state index is 0.0866. The normalized spacial score (nSPS) is 22.5. The first-order valence-electron chi connectivity index (χ1n) is 10.5. The van der Waals surface area contributed by atoms with E-state index in [0.717, 1.165) is 44.7 Å². The van der Waals surface area contributed by atoms with Gasteiger partial charge in [0.1, 0.15) is 5.75 Å². The van der Waals surface area contributed by atoms with Gasteiger partial charge in [0.15, 0.2) is 0 Å². The van der Waals surface area contributed by atoms with Gasteiger partial charge in [0.05, 0.1) is 12.7 Å². The van der Waals surface area contributed by atoms with Gasteiger partial charge < -0.3 is 20.3 Å². The third-order valence-corrected chi connectivity index (χ3v) is 6.48. The second-order valence-electron chi connectivity index (χ2n) is 8.45. The van der Waals surface area contributed by atoms with Crippen LogP contribution in [0, 0.1) is 18.8 Å². The van der Waals surface area contributed by atoms with Gasteiger partial charge in [0, 0.05) is 32.2 Å². The van der Waals surface area contributed by atoms with Crippen molar-refractivity contribution in [2.45, 2.75) is 19.4 Å². The quantitative estimate of drug-likeness (QED) is 0.819. The van der Waals surface area contributed by atoms with E-state index in [9.17, 15) is 4.79 Å². The van der Waals surface area contributed by atoms with E-state index >= 15 is 0 Å². The van der Waals surface area contributed by atoms with Crippen molar-refractivity contribution >= 4 is 5.91 Å². The number of nitrogens with two attached hydrogens (primary N) is 1. The van der Waals surface area contributed by atoms with E-state index in [0.29, 0.717) is 23.1 Å². The zero-order chi connectivity index (χ0) is 20.4. The Morgan fingerprint density at radius 3 is 2.41 bits per heavy atom. The third kappa shape index (κ3) is 4.16. The fourth-order valence-electron chi connectivity index (χ4n) is 4.89. The number of rotatable bonds is 6. The van der Waals surface area contributed by atoms with Crippen molar-refractivity contribution in [3.8, 4) is 5.75 Å². The summed E-state index contributed by atoms with van der Waals surface area (Å²) in [6.45, 7) is 6.78. The zero-order valence-electron chi connectivity index (χ0n) is 17.4. The number of carbonyl (C=O) groups is 1. The van der Waals surface area contributed by atoms with Crippen LogP contribution in [0.4, 0.5) is 0 Å². The van der Waals surface area contributed by atoms with E-state index in [-0.39, 0.29) is 11.9 Å². The van der Waals surface area contributed by atoms with Crippen molar-refractivity contribution in [3.05, 3.63) is 65.2 Å².